The molecule has 11 nitrogen and oxygen atoms in total. The third kappa shape index (κ3) is 53.7. The SMILES string of the molecule is CC/C=C\C/C=C\C/C=C\C/C=C\CCCCCCC(=O)OCC(COP(=O)(O)OCC(CO)OC(=O)CCCCCCC/C=C\CCCCCCCC)OC(=O)CCCCCCC/C=C\CCCCCCCC. The molecule has 0 aromatic rings. The molecule has 0 bridgehead atoms. The first-order valence-electron chi connectivity index (χ1n) is 29.8. The van der Waals surface area contributed by atoms with Gasteiger partial charge in [-0.1, -0.05) is 209 Å². The van der Waals surface area contributed by atoms with Crippen molar-refractivity contribution in [1.29, 1.82) is 0 Å². The number of phosphoric acid groups is 1. The zero-order valence-electron chi connectivity index (χ0n) is 47.3. The second-order valence-electron chi connectivity index (χ2n) is 19.8. The first-order valence-corrected chi connectivity index (χ1v) is 31.3. The molecule has 12 heteroatoms. The van der Waals surface area contributed by atoms with Crippen LogP contribution in [0, 0.1) is 0 Å². The first kappa shape index (κ1) is 70.9. The monoisotopic (exact) mass is 1060 g/mol. The molecule has 0 aromatic heterocycles. The molecule has 0 aliphatic heterocycles. The lowest BCUT2D eigenvalue weighted by atomic mass is 10.1. The van der Waals surface area contributed by atoms with Crippen molar-refractivity contribution in [3.63, 3.8) is 0 Å². The maximum absolute atomic E-state index is 12.9. The molecule has 0 amide bonds. The number of allylic oxidation sites excluding steroid dienone is 12. The molecule has 2 N–H and O–H groups in total. The summed E-state index contributed by atoms with van der Waals surface area (Å²) in [6, 6.07) is 0. The summed E-state index contributed by atoms with van der Waals surface area (Å²) in [6.45, 7) is 4.49. The van der Waals surface area contributed by atoms with Crippen molar-refractivity contribution in [2.45, 2.75) is 277 Å². The van der Waals surface area contributed by atoms with Gasteiger partial charge in [-0.25, -0.2) is 4.57 Å². The number of unbranched alkanes of at least 4 members (excludes halogenated alkanes) is 26. The fourth-order valence-electron chi connectivity index (χ4n) is 8.04. The van der Waals surface area contributed by atoms with Gasteiger partial charge in [-0.05, 0) is 109 Å². The highest BCUT2D eigenvalue weighted by atomic mass is 31.2. The topological polar surface area (TPSA) is 155 Å². The van der Waals surface area contributed by atoms with Gasteiger partial charge in [-0.15, -0.1) is 0 Å². The lowest BCUT2D eigenvalue weighted by Gasteiger charge is -2.21. The van der Waals surface area contributed by atoms with E-state index in [-0.39, 0.29) is 25.9 Å². The molecule has 74 heavy (non-hydrogen) atoms. The minimum atomic E-state index is -4.76. The van der Waals surface area contributed by atoms with Crippen LogP contribution in [0.4, 0.5) is 0 Å². The van der Waals surface area contributed by atoms with E-state index in [9.17, 15) is 28.9 Å². The number of rotatable bonds is 55. The Morgan fingerprint density at radius 3 is 1.09 bits per heavy atom. The number of esters is 3. The Morgan fingerprint density at radius 1 is 0.392 bits per heavy atom. The average Bonchev–Trinajstić information content (AvgIpc) is 3.39. The van der Waals surface area contributed by atoms with Gasteiger partial charge in [0.2, 0.25) is 0 Å². The molecule has 0 saturated heterocycles. The summed E-state index contributed by atoms with van der Waals surface area (Å²) >= 11 is 0. The Kier molecular flexibility index (Phi) is 53.8. The highest BCUT2D eigenvalue weighted by Crippen LogP contribution is 2.43. The summed E-state index contributed by atoms with van der Waals surface area (Å²) < 4.78 is 39.5. The molecular formula is C62H109O11P. The van der Waals surface area contributed by atoms with Crippen LogP contribution in [0.2, 0.25) is 0 Å². The van der Waals surface area contributed by atoms with Crippen LogP contribution < -0.4 is 0 Å². The van der Waals surface area contributed by atoms with E-state index in [1.807, 2.05) is 0 Å². The molecule has 0 radical (unpaired) electrons. The van der Waals surface area contributed by atoms with Gasteiger partial charge in [0, 0.05) is 19.3 Å². The molecule has 0 rings (SSSR count). The van der Waals surface area contributed by atoms with Gasteiger partial charge in [0.15, 0.2) is 6.10 Å². The quantitative estimate of drug-likeness (QED) is 0.0197. The van der Waals surface area contributed by atoms with Crippen LogP contribution in [0.1, 0.15) is 265 Å². The number of ether oxygens (including phenoxy) is 3. The Morgan fingerprint density at radius 2 is 0.703 bits per heavy atom. The molecule has 0 aliphatic carbocycles. The Balaban J connectivity index is 4.76. The van der Waals surface area contributed by atoms with Crippen LogP contribution in [0.25, 0.3) is 0 Å². The van der Waals surface area contributed by atoms with E-state index in [2.05, 4.69) is 93.7 Å². The smallest absolute Gasteiger partial charge is 0.462 e. The molecule has 0 fully saturated rings. The summed E-state index contributed by atoms with van der Waals surface area (Å²) in [5.74, 6) is -1.51. The largest absolute Gasteiger partial charge is 0.472 e. The Labute approximate surface area is 452 Å². The van der Waals surface area contributed by atoms with E-state index in [1.54, 1.807) is 0 Å². The van der Waals surface area contributed by atoms with E-state index in [1.165, 1.54) is 77.0 Å². The molecule has 0 aliphatic rings. The van der Waals surface area contributed by atoms with Crippen LogP contribution in [0.15, 0.2) is 72.9 Å². The molecule has 0 spiro atoms. The first-order chi connectivity index (χ1) is 36.2. The molecule has 0 saturated carbocycles. The number of carbonyl (C=O) groups excluding carboxylic acids is 3. The van der Waals surface area contributed by atoms with Gasteiger partial charge in [0.1, 0.15) is 12.7 Å². The second-order valence-corrected chi connectivity index (χ2v) is 21.2. The summed E-state index contributed by atoms with van der Waals surface area (Å²) in [7, 11) is -4.76. The van der Waals surface area contributed by atoms with Gasteiger partial charge in [-0.3, -0.25) is 23.4 Å². The summed E-state index contributed by atoms with van der Waals surface area (Å²) in [5, 5.41) is 9.82. The van der Waals surface area contributed by atoms with Crippen molar-refractivity contribution >= 4 is 25.7 Å². The van der Waals surface area contributed by atoms with Crippen molar-refractivity contribution in [3.05, 3.63) is 72.9 Å². The predicted molar refractivity (Wildman–Crippen MR) is 307 cm³/mol. The molecule has 3 unspecified atom stereocenters. The minimum absolute atomic E-state index is 0.150. The van der Waals surface area contributed by atoms with E-state index in [4.69, 9.17) is 23.3 Å². The van der Waals surface area contributed by atoms with Gasteiger partial charge >= 0.3 is 25.7 Å². The highest BCUT2D eigenvalue weighted by Gasteiger charge is 2.28. The third-order valence-electron chi connectivity index (χ3n) is 12.6. The van der Waals surface area contributed by atoms with Crippen molar-refractivity contribution in [3.8, 4) is 0 Å². The molecule has 0 aromatic carbocycles. The van der Waals surface area contributed by atoms with Crippen molar-refractivity contribution in [2.24, 2.45) is 0 Å². The van der Waals surface area contributed by atoms with E-state index in [0.29, 0.717) is 19.3 Å². The fraction of sp³-hybridized carbons (Fsp3) is 0.758. The minimum Gasteiger partial charge on any atom is -0.462 e. The molecule has 428 valence electrons. The van der Waals surface area contributed by atoms with Crippen molar-refractivity contribution in [2.75, 3.05) is 26.4 Å². The maximum Gasteiger partial charge on any atom is 0.472 e. The number of aliphatic hydroxyl groups is 1. The highest BCUT2D eigenvalue weighted by molar-refractivity contribution is 7.47. The van der Waals surface area contributed by atoms with E-state index in [0.717, 1.165) is 128 Å². The van der Waals surface area contributed by atoms with Crippen LogP contribution in [0.5, 0.6) is 0 Å². The van der Waals surface area contributed by atoms with Crippen LogP contribution in [0.3, 0.4) is 0 Å². The number of carbonyl (C=O) groups is 3. The van der Waals surface area contributed by atoms with Crippen LogP contribution in [-0.4, -0.2) is 66.5 Å². The standard InChI is InChI=1S/C62H109O11P/c1-4-7-10-13-16-19-22-25-28-29-32-33-36-39-42-45-48-51-60(64)69-55-59(73-62(66)53-50-47-44-41-38-35-31-27-24-21-18-15-12-9-6-3)57-71-74(67,68)70-56-58(54-63)72-61(65)52-49-46-43-40-37-34-30-26-23-20-17-14-11-8-5-2/h7,10,16,19,25-28,30-33,58-59,63H,4-6,8-9,11-15,17-18,20-24,29,34-57H2,1-3H3,(H,67,68)/b10-7-,19-16-,28-25-,30-26-,31-27-,33-32-. The normalized spacial score (nSPS) is 13.9. The van der Waals surface area contributed by atoms with E-state index >= 15 is 0 Å². The summed E-state index contributed by atoms with van der Waals surface area (Å²) in [6.07, 6.45) is 62.8. The van der Waals surface area contributed by atoms with Crippen LogP contribution >= 0.6 is 7.82 Å². The van der Waals surface area contributed by atoms with Crippen molar-refractivity contribution in [1.82, 2.24) is 0 Å². The average molecular weight is 1060 g/mol. The van der Waals surface area contributed by atoms with Gasteiger partial charge < -0.3 is 24.2 Å². The van der Waals surface area contributed by atoms with Crippen molar-refractivity contribution < 1.29 is 52.2 Å². The number of phosphoric ester groups is 1. The number of hydrogen-bond acceptors (Lipinski definition) is 10. The third-order valence-corrected chi connectivity index (χ3v) is 13.5. The van der Waals surface area contributed by atoms with E-state index < -0.39 is 57.8 Å². The number of hydrogen-bond donors (Lipinski definition) is 2. The Hall–Kier alpha value is -3.08. The predicted octanol–water partition coefficient (Wildman–Crippen LogP) is 17.7. The van der Waals surface area contributed by atoms with Gasteiger partial charge in [0.05, 0.1) is 19.8 Å². The second kappa shape index (κ2) is 56.1. The van der Waals surface area contributed by atoms with Gasteiger partial charge in [-0.2, -0.15) is 0 Å². The summed E-state index contributed by atoms with van der Waals surface area (Å²) in [5.41, 5.74) is 0. The van der Waals surface area contributed by atoms with Gasteiger partial charge in [0.25, 0.3) is 0 Å². The molecule has 0 heterocycles. The zero-order valence-corrected chi connectivity index (χ0v) is 48.2. The lowest BCUT2D eigenvalue weighted by molar-refractivity contribution is -0.161. The zero-order chi connectivity index (χ0) is 54.1. The number of aliphatic hydroxyl groups excluding tert-OH is 1. The molecular weight excluding hydrogens is 952 g/mol. The molecule has 3 atom stereocenters. The lowest BCUT2D eigenvalue weighted by Crippen LogP contribution is -2.30. The summed E-state index contributed by atoms with van der Waals surface area (Å²) in [4.78, 5) is 48.6. The van der Waals surface area contributed by atoms with Crippen LogP contribution in [-0.2, 0) is 42.2 Å². The maximum atomic E-state index is 12.9. The Bertz CT molecular complexity index is 1520. The fourth-order valence-corrected chi connectivity index (χ4v) is 8.83.